The highest BCUT2D eigenvalue weighted by atomic mass is 32.2. The lowest BCUT2D eigenvalue weighted by Gasteiger charge is -2.05. The first-order valence-corrected chi connectivity index (χ1v) is 6.04. The predicted octanol–water partition coefficient (Wildman–Crippen LogP) is -0.509. The lowest BCUT2D eigenvalue weighted by atomic mass is 10.5. The number of rotatable bonds is 9. The largest absolute Gasteiger partial charge is 0.395 e. The zero-order valence-corrected chi connectivity index (χ0v) is 8.92. The lowest BCUT2D eigenvalue weighted by molar-refractivity contribution is 0.144. The second-order valence-corrected chi connectivity index (χ2v) is 4.55. The van der Waals surface area contributed by atoms with Crippen molar-refractivity contribution in [3.05, 3.63) is 12.7 Å². The quantitative estimate of drug-likeness (QED) is 0.408. The monoisotopic (exact) mass is 223 g/mol. The molecule has 0 saturated carbocycles. The van der Waals surface area contributed by atoms with Crippen LogP contribution in [0, 0.1) is 0 Å². The van der Waals surface area contributed by atoms with Crippen LogP contribution < -0.4 is 4.72 Å². The molecule has 0 aliphatic carbocycles. The van der Waals surface area contributed by atoms with E-state index in [1.807, 2.05) is 0 Å². The van der Waals surface area contributed by atoms with Gasteiger partial charge in [-0.3, -0.25) is 0 Å². The number of aliphatic hydroxyl groups is 1. The Bertz CT molecular complexity index is 238. The molecule has 5 nitrogen and oxygen atoms in total. The van der Waals surface area contributed by atoms with Crippen molar-refractivity contribution in [2.45, 2.75) is 6.42 Å². The van der Waals surface area contributed by atoms with Crippen molar-refractivity contribution in [2.24, 2.45) is 0 Å². The van der Waals surface area contributed by atoms with E-state index in [9.17, 15) is 8.42 Å². The molecule has 6 heteroatoms. The molecule has 14 heavy (non-hydrogen) atoms. The molecule has 0 saturated heterocycles. The van der Waals surface area contributed by atoms with E-state index in [1.54, 1.807) is 6.08 Å². The van der Waals surface area contributed by atoms with Crippen LogP contribution in [0.3, 0.4) is 0 Å². The minimum Gasteiger partial charge on any atom is -0.395 e. The fourth-order valence-electron chi connectivity index (χ4n) is 0.730. The number of aliphatic hydroxyl groups excluding tert-OH is 1. The summed E-state index contributed by atoms with van der Waals surface area (Å²) in [7, 11) is -3.32. The first-order valence-electron chi connectivity index (χ1n) is 4.39. The Balaban J connectivity index is 3.39. The minimum atomic E-state index is -3.32. The van der Waals surface area contributed by atoms with Gasteiger partial charge in [0.25, 0.3) is 0 Å². The van der Waals surface area contributed by atoms with Crippen LogP contribution in [0.15, 0.2) is 12.7 Å². The van der Waals surface area contributed by atoms with Gasteiger partial charge in [0.15, 0.2) is 0 Å². The Labute approximate surface area is 84.8 Å². The average Bonchev–Trinajstić information content (AvgIpc) is 2.11. The Kier molecular flexibility index (Phi) is 7.68. The molecule has 0 heterocycles. The van der Waals surface area contributed by atoms with Gasteiger partial charge in [-0.1, -0.05) is 6.08 Å². The van der Waals surface area contributed by atoms with Gasteiger partial charge < -0.3 is 9.84 Å². The maximum atomic E-state index is 11.0. The van der Waals surface area contributed by atoms with Gasteiger partial charge in [0.2, 0.25) is 10.0 Å². The molecule has 0 aromatic heterocycles. The molecule has 0 atom stereocenters. The van der Waals surface area contributed by atoms with Crippen molar-refractivity contribution in [1.82, 2.24) is 4.72 Å². The average molecular weight is 223 g/mol. The number of nitrogens with one attached hydrogen (secondary N) is 1. The second-order valence-electron chi connectivity index (χ2n) is 2.63. The summed E-state index contributed by atoms with van der Waals surface area (Å²) in [6, 6.07) is 0. The van der Waals surface area contributed by atoms with Crippen molar-refractivity contribution in [1.29, 1.82) is 0 Å². The highest BCUT2D eigenvalue weighted by molar-refractivity contribution is 7.89. The zero-order chi connectivity index (χ0) is 10.9. The Hall–Kier alpha value is -0.430. The Morgan fingerprint density at radius 3 is 2.71 bits per heavy atom. The van der Waals surface area contributed by atoms with Gasteiger partial charge in [-0.05, 0) is 6.42 Å². The van der Waals surface area contributed by atoms with E-state index in [1.165, 1.54) is 0 Å². The molecular formula is C8H17NO4S. The summed E-state index contributed by atoms with van der Waals surface area (Å²) in [5, 5.41) is 8.41. The van der Waals surface area contributed by atoms with Crippen LogP contribution in [0.5, 0.6) is 0 Å². The summed E-state index contributed by atoms with van der Waals surface area (Å²) in [6.45, 7) is 4.27. The molecule has 0 aromatic rings. The van der Waals surface area contributed by atoms with Gasteiger partial charge in [0.05, 0.1) is 25.6 Å². The first-order chi connectivity index (χ1) is 6.62. The van der Waals surface area contributed by atoms with Crippen molar-refractivity contribution < 1.29 is 18.3 Å². The normalized spacial score (nSPS) is 11.5. The third-order valence-corrected chi connectivity index (χ3v) is 2.76. The number of hydrogen-bond acceptors (Lipinski definition) is 4. The molecular weight excluding hydrogens is 206 g/mol. The lowest BCUT2D eigenvalue weighted by Crippen LogP contribution is -2.30. The Morgan fingerprint density at radius 2 is 2.14 bits per heavy atom. The standard InChI is InChI=1S/C8H17NO4S/c1-2-3-6-13-7-4-9-14(11,12)8-5-10/h2,9-10H,1,3-8H2. The van der Waals surface area contributed by atoms with Crippen LogP contribution in [0.1, 0.15) is 6.42 Å². The predicted molar refractivity (Wildman–Crippen MR) is 54.5 cm³/mol. The molecule has 0 spiro atoms. The SMILES string of the molecule is C=CCCOCCNS(=O)(=O)CCO. The fourth-order valence-corrected chi connectivity index (χ4v) is 1.51. The van der Waals surface area contributed by atoms with Crippen molar-refractivity contribution in [3.8, 4) is 0 Å². The van der Waals surface area contributed by atoms with Crippen LogP contribution in [0.2, 0.25) is 0 Å². The van der Waals surface area contributed by atoms with E-state index < -0.39 is 10.0 Å². The Morgan fingerprint density at radius 1 is 1.43 bits per heavy atom. The second kappa shape index (κ2) is 7.93. The van der Waals surface area contributed by atoms with Crippen LogP contribution >= 0.6 is 0 Å². The van der Waals surface area contributed by atoms with Crippen LogP contribution in [-0.2, 0) is 14.8 Å². The molecule has 0 unspecified atom stereocenters. The third-order valence-electron chi connectivity index (χ3n) is 1.39. The zero-order valence-electron chi connectivity index (χ0n) is 8.11. The van der Waals surface area contributed by atoms with E-state index in [4.69, 9.17) is 9.84 Å². The molecule has 0 radical (unpaired) electrons. The number of hydrogen-bond donors (Lipinski definition) is 2. The van der Waals surface area contributed by atoms with E-state index >= 15 is 0 Å². The number of sulfonamides is 1. The first kappa shape index (κ1) is 13.6. The third kappa shape index (κ3) is 8.18. The molecule has 0 aromatic carbocycles. The molecule has 0 rings (SSSR count). The summed E-state index contributed by atoms with van der Waals surface area (Å²) in [4.78, 5) is 0. The van der Waals surface area contributed by atoms with E-state index in [-0.39, 0.29) is 18.9 Å². The van der Waals surface area contributed by atoms with Gasteiger partial charge in [0.1, 0.15) is 0 Å². The summed E-state index contributed by atoms with van der Waals surface area (Å²) in [5.41, 5.74) is 0. The van der Waals surface area contributed by atoms with Gasteiger partial charge >= 0.3 is 0 Å². The number of ether oxygens (including phenoxy) is 1. The molecule has 0 aliphatic rings. The molecule has 0 fully saturated rings. The molecule has 0 aliphatic heterocycles. The van der Waals surface area contributed by atoms with E-state index in [0.717, 1.165) is 6.42 Å². The summed E-state index contributed by atoms with van der Waals surface area (Å²) in [6.07, 6.45) is 2.49. The maximum absolute atomic E-state index is 11.0. The van der Waals surface area contributed by atoms with Crippen LogP contribution in [-0.4, -0.2) is 45.6 Å². The van der Waals surface area contributed by atoms with Crippen molar-refractivity contribution >= 4 is 10.0 Å². The fraction of sp³-hybridized carbons (Fsp3) is 0.750. The molecule has 84 valence electrons. The summed E-state index contributed by atoms with van der Waals surface area (Å²) in [5.74, 6) is -0.264. The highest BCUT2D eigenvalue weighted by Crippen LogP contribution is 1.84. The molecule has 2 N–H and O–H groups in total. The maximum Gasteiger partial charge on any atom is 0.213 e. The van der Waals surface area contributed by atoms with E-state index in [0.29, 0.717) is 13.2 Å². The van der Waals surface area contributed by atoms with Gasteiger partial charge in [-0.2, -0.15) is 0 Å². The van der Waals surface area contributed by atoms with Crippen LogP contribution in [0.4, 0.5) is 0 Å². The molecule has 0 bridgehead atoms. The molecule has 0 amide bonds. The van der Waals surface area contributed by atoms with Crippen molar-refractivity contribution in [2.75, 3.05) is 32.1 Å². The van der Waals surface area contributed by atoms with Crippen molar-refractivity contribution in [3.63, 3.8) is 0 Å². The summed E-state index contributed by atoms with van der Waals surface area (Å²) >= 11 is 0. The topological polar surface area (TPSA) is 75.6 Å². The van der Waals surface area contributed by atoms with Gasteiger partial charge in [0, 0.05) is 6.54 Å². The van der Waals surface area contributed by atoms with Gasteiger partial charge in [-0.25, -0.2) is 13.1 Å². The van der Waals surface area contributed by atoms with Crippen LogP contribution in [0.25, 0.3) is 0 Å². The smallest absolute Gasteiger partial charge is 0.213 e. The summed E-state index contributed by atoms with van der Waals surface area (Å²) < 4.78 is 29.3. The van der Waals surface area contributed by atoms with Gasteiger partial charge in [-0.15, -0.1) is 6.58 Å². The highest BCUT2D eigenvalue weighted by Gasteiger charge is 2.06. The van der Waals surface area contributed by atoms with E-state index in [2.05, 4.69) is 11.3 Å². The minimum absolute atomic E-state index is 0.236.